The number of fused-ring (bicyclic) bond motifs is 3. The summed E-state index contributed by atoms with van der Waals surface area (Å²) in [5, 5.41) is 12.9. The standard InChI is InChI=1S/C47H44N2O.C19H17NO.Ir/c1-31-28-34(33-23-25-46(3,4)26-24-33)21-22-36(31)40-29-41(39-18-13-17-38-37-16-9-10-19-43(37)50-45(38)39)49-42(32(40)2)30-47(5,35-14-7-6-8-15-35)44-20-11-12-27-48-44;1-19(21,18-9-5-6-14-20-18)17-12-10-16(11-13-17)15-7-3-2-4-8-15;/h6-14,16-17,19-22,27-29,33H,23-26,30H2,1-5H3;2-14,21H,1H3;/q-2;;. The number of pyridine rings is 3. The van der Waals surface area contributed by atoms with Crippen LogP contribution in [0.1, 0.15) is 104 Å². The molecule has 6 heteroatoms. The molecule has 5 nitrogen and oxygen atoms in total. The third-order valence-corrected chi connectivity index (χ3v) is 15.1. The molecule has 1 N–H and O–H groups in total. The average Bonchev–Trinajstić information content (AvgIpc) is 3.80. The number of furan rings is 1. The van der Waals surface area contributed by atoms with Gasteiger partial charge in [-0.25, -0.2) is 0 Å². The summed E-state index contributed by atoms with van der Waals surface area (Å²) in [5.74, 6) is 0.627. The molecule has 0 bridgehead atoms. The molecule has 10 aromatic rings. The minimum absolute atomic E-state index is 0. The smallest absolute Gasteiger partial charge is 0.129 e. The average molecular weight is 1120 g/mol. The molecule has 72 heavy (non-hydrogen) atoms. The Balaban J connectivity index is 0.000000243. The number of benzene rings is 6. The number of aromatic nitrogens is 3. The van der Waals surface area contributed by atoms with Crippen LogP contribution in [-0.2, 0) is 37.5 Å². The summed E-state index contributed by atoms with van der Waals surface area (Å²) in [4.78, 5) is 14.6. The topological polar surface area (TPSA) is 72.0 Å². The maximum Gasteiger partial charge on any atom is 0.129 e. The van der Waals surface area contributed by atoms with Crippen LogP contribution in [0.15, 0.2) is 193 Å². The fourth-order valence-electron chi connectivity index (χ4n) is 10.6. The van der Waals surface area contributed by atoms with Gasteiger partial charge >= 0.3 is 0 Å². The summed E-state index contributed by atoms with van der Waals surface area (Å²) in [6.07, 6.45) is 9.32. The maximum absolute atomic E-state index is 10.8. The van der Waals surface area contributed by atoms with Crippen molar-refractivity contribution in [3.05, 3.63) is 245 Å². The molecule has 1 saturated carbocycles. The zero-order chi connectivity index (χ0) is 49.2. The van der Waals surface area contributed by atoms with Crippen LogP contribution in [0.2, 0.25) is 0 Å². The molecular formula is C66H61IrN3O2-2. The van der Waals surface area contributed by atoms with Crippen molar-refractivity contribution in [3.63, 3.8) is 0 Å². The van der Waals surface area contributed by atoms with Gasteiger partial charge in [0.15, 0.2) is 0 Å². The van der Waals surface area contributed by atoms with Crippen LogP contribution in [0.4, 0.5) is 0 Å². The summed E-state index contributed by atoms with van der Waals surface area (Å²) in [5.41, 5.74) is 15.6. The molecule has 1 aliphatic carbocycles. The Morgan fingerprint density at radius 3 is 2.00 bits per heavy atom. The van der Waals surface area contributed by atoms with Crippen LogP contribution in [0.3, 0.4) is 0 Å². The van der Waals surface area contributed by atoms with Crippen LogP contribution in [-0.4, -0.2) is 20.1 Å². The maximum atomic E-state index is 10.8. The Hall–Kier alpha value is -6.82. The van der Waals surface area contributed by atoms with E-state index in [0.29, 0.717) is 23.4 Å². The zero-order valence-electron chi connectivity index (χ0n) is 42.0. The van der Waals surface area contributed by atoms with Crippen LogP contribution >= 0.6 is 0 Å². The van der Waals surface area contributed by atoms with Crippen molar-refractivity contribution >= 4 is 21.9 Å². The van der Waals surface area contributed by atoms with Crippen LogP contribution in [0.5, 0.6) is 0 Å². The number of aryl methyl sites for hydroxylation is 1. The largest absolute Gasteiger partial charge is 0.501 e. The fourth-order valence-corrected chi connectivity index (χ4v) is 10.6. The number of hydrogen-bond acceptors (Lipinski definition) is 5. The van der Waals surface area contributed by atoms with Gasteiger partial charge in [-0.3, -0.25) is 9.97 Å². The Morgan fingerprint density at radius 2 is 1.32 bits per heavy atom. The van der Waals surface area contributed by atoms with Crippen molar-refractivity contribution in [3.8, 4) is 33.5 Å². The first kappa shape index (κ1) is 50.1. The minimum atomic E-state index is -1.09. The fraction of sp³-hybridized carbons (Fsp3) is 0.227. The van der Waals surface area contributed by atoms with E-state index in [4.69, 9.17) is 14.4 Å². The molecule has 1 fully saturated rings. The second kappa shape index (κ2) is 21.1. The van der Waals surface area contributed by atoms with E-state index in [9.17, 15) is 5.11 Å². The van der Waals surface area contributed by atoms with E-state index >= 15 is 0 Å². The van der Waals surface area contributed by atoms with Gasteiger partial charge in [0.1, 0.15) is 11.2 Å². The van der Waals surface area contributed by atoms with Gasteiger partial charge in [0.2, 0.25) is 0 Å². The van der Waals surface area contributed by atoms with Crippen LogP contribution in [0.25, 0.3) is 55.4 Å². The third-order valence-electron chi connectivity index (χ3n) is 15.1. The molecule has 4 aromatic heterocycles. The number of nitrogens with zero attached hydrogens (tertiary/aromatic N) is 3. The van der Waals surface area contributed by atoms with Gasteiger partial charge in [0.05, 0.1) is 11.3 Å². The van der Waals surface area contributed by atoms with Gasteiger partial charge in [0, 0.05) is 61.1 Å². The molecule has 2 unspecified atom stereocenters. The normalized spacial score (nSPS) is 15.2. The van der Waals surface area contributed by atoms with E-state index in [-0.39, 0.29) is 20.1 Å². The molecule has 4 heterocycles. The molecule has 0 saturated heterocycles. The van der Waals surface area contributed by atoms with Gasteiger partial charge in [-0.05, 0) is 138 Å². The SMILES string of the molecule is CC(O)(c1ccc(-c2ccccc2)cc1)c1ccccn1.Cc1cc(C2CCC(C)(C)CC2)ccc1-c1cc(-c2[c-]ccc3c2oc2ccccc23)nc(CC(C)(c2[c-]cccc2)c2ccccn2)c1C.[Ir]. The Kier molecular flexibility index (Phi) is 14.7. The first-order chi connectivity index (χ1) is 34.4. The van der Waals surface area contributed by atoms with E-state index < -0.39 is 11.0 Å². The second-order valence-corrected chi connectivity index (χ2v) is 20.6. The summed E-state index contributed by atoms with van der Waals surface area (Å²) >= 11 is 0. The minimum Gasteiger partial charge on any atom is -0.501 e. The third kappa shape index (κ3) is 10.3. The monoisotopic (exact) mass is 1120 g/mol. The van der Waals surface area contributed by atoms with Gasteiger partial charge in [-0.1, -0.05) is 141 Å². The second-order valence-electron chi connectivity index (χ2n) is 20.6. The molecule has 6 aromatic carbocycles. The Morgan fingerprint density at radius 1 is 0.653 bits per heavy atom. The van der Waals surface area contributed by atoms with E-state index in [1.165, 1.54) is 59.1 Å². The summed E-state index contributed by atoms with van der Waals surface area (Å²) in [6.45, 7) is 13.4. The number of rotatable bonds is 10. The first-order valence-electron chi connectivity index (χ1n) is 25.0. The predicted octanol–water partition coefficient (Wildman–Crippen LogP) is 16.2. The summed E-state index contributed by atoms with van der Waals surface area (Å²) in [6, 6.07) is 67.0. The van der Waals surface area contributed by atoms with Crippen LogP contribution in [0, 0.1) is 31.4 Å². The predicted molar refractivity (Wildman–Crippen MR) is 290 cm³/mol. The van der Waals surface area contributed by atoms with E-state index in [0.717, 1.165) is 61.3 Å². The van der Waals surface area contributed by atoms with Crippen molar-refractivity contribution < 1.29 is 29.6 Å². The zero-order valence-corrected chi connectivity index (χ0v) is 44.4. The van der Waals surface area contributed by atoms with Gasteiger partial charge < -0.3 is 14.5 Å². The van der Waals surface area contributed by atoms with Crippen molar-refractivity contribution in [1.82, 2.24) is 15.0 Å². The van der Waals surface area contributed by atoms with E-state index in [2.05, 4.69) is 131 Å². The Bertz CT molecular complexity index is 3370. The van der Waals surface area contributed by atoms with Gasteiger partial charge in [0.25, 0.3) is 0 Å². The molecule has 1 aliphatic rings. The molecule has 0 spiro atoms. The summed E-state index contributed by atoms with van der Waals surface area (Å²) < 4.78 is 6.53. The number of hydrogen-bond donors (Lipinski definition) is 1. The van der Waals surface area contributed by atoms with Gasteiger partial charge in [-0.2, -0.15) is 30.3 Å². The van der Waals surface area contributed by atoms with E-state index in [1.807, 2.05) is 103 Å². The quantitative estimate of drug-likeness (QED) is 0.138. The molecule has 11 rings (SSSR count). The van der Waals surface area contributed by atoms with E-state index in [1.54, 1.807) is 13.1 Å². The summed E-state index contributed by atoms with van der Waals surface area (Å²) in [7, 11) is 0. The first-order valence-corrected chi connectivity index (χ1v) is 25.0. The molecule has 0 amide bonds. The molecule has 2 atom stereocenters. The molecule has 1 radical (unpaired) electrons. The number of aliphatic hydroxyl groups is 1. The Labute approximate surface area is 438 Å². The molecular weight excluding hydrogens is 1060 g/mol. The van der Waals surface area contributed by atoms with Crippen molar-refractivity contribution in [1.29, 1.82) is 0 Å². The molecule has 363 valence electrons. The molecule has 0 aliphatic heterocycles. The van der Waals surface area contributed by atoms with Gasteiger partial charge in [-0.15, -0.1) is 23.8 Å². The van der Waals surface area contributed by atoms with Crippen LogP contribution < -0.4 is 0 Å². The van der Waals surface area contributed by atoms with Crippen molar-refractivity contribution in [2.24, 2.45) is 5.41 Å². The van der Waals surface area contributed by atoms with Crippen molar-refractivity contribution in [2.45, 2.75) is 90.6 Å². The van der Waals surface area contributed by atoms with Crippen molar-refractivity contribution in [2.75, 3.05) is 0 Å². The number of para-hydroxylation sites is 1.